The van der Waals surface area contributed by atoms with Gasteiger partial charge in [-0.25, -0.2) is 19.4 Å². The van der Waals surface area contributed by atoms with Crippen LogP contribution in [0.25, 0.3) is 11.2 Å². The smallest absolute Gasteiger partial charge is 0.314 e. The first-order chi connectivity index (χ1) is 10.7. The summed E-state index contributed by atoms with van der Waals surface area (Å²) in [5, 5.41) is 0. The summed E-state index contributed by atoms with van der Waals surface area (Å²) in [4.78, 5) is 11.5. The molecule has 9 heteroatoms. The number of alkyl halides is 4. The molecule has 2 heterocycles. The quantitative estimate of drug-likeness (QED) is 0.629. The van der Waals surface area contributed by atoms with Crippen molar-refractivity contribution >= 4 is 17.1 Å². The Bertz CT molecular complexity index is 760. The number of allylic oxidation sites excluding steroid dienone is 2. The molecule has 0 aliphatic carbocycles. The van der Waals surface area contributed by atoms with Crippen molar-refractivity contribution < 1.29 is 22.0 Å². The number of hydrogen-bond acceptors (Lipinski definition) is 3. The second-order valence-electron chi connectivity index (χ2n) is 4.78. The number of aryl methyl sites for hydroxylation is 1. The molecule has 0 saturated heterocycles. The maximum atomic E-state index is 13.4. The Kier molecular flexibility index (Phi) is 4.76. The molecule has 0 bridgehead atoms. The van der Waals surface area contributed by atoms with Gasteiger partial charge in [-0.05, 0) is 25.1 Å². The summed E-state index contributed by atoms with van der Waals surface area (Å²) in [5.74, 6) is -0.651. The van der Waals surface area contributed by atoms with Crippen LogP contribution in [0.1, 0.15) is 24.4 Å². The highest BCUT2D eigenvalue weighted by atomic mass is 19.4. The molecular weight excluding hydrogens is 319 g/mol. The molecule has 1 unspecified atom stereocenters. The molecule has 124 valence electrons. The molecule has 0 fully saturated rings. The maximum Gasteiger partial charge on any atom is 0.417 e. The lowest BCUT2D eigenvalue weighted by atomic mass is 10.2. The van der Waals surface area contributed by atoms with Crippen molar-refractivity contribution in [2.45, 2.75) is 19.1 Å². The lowest BCUT2D eigenvalue weighted by molar-refractivity contribution is -0.137. The first-order valence-electron chi connectivity index (χ1n) is 6.59. The molecule has 0 aliphatic heterocycles. The lowest BCUT2D eigenvalue weighted by Gasteiger charge is -2.06. The van der Waals surface area contributed by atoms with E-state index in [0.29, 0.717) is 6.20 Å². The van der Waals surface area contributed by atoms with E-state index in [-0.39, 0.29) is 17.0 Å². The van der Waals surface area contributed by atoms with Gasteiger partial charge in [-0.15, -0.1) is 0 Å². The molecule has 4 nitrogen and oxygen atoms in total. The number of pyridine rings is 1. The summed E-state index contributed by atoms with van der Waals surface area (Å²) in [7, 11) is 1.55. The highest BCUT2D eigenvalue weighted by molar-refractivity contribution is 5.86. The third-order valence-electron chi connectivity index (χ3n) is 3.11. The van der Waals surface area contributed by atoms with E-state index >= 15 is 0 Å². The van der Waals surface area contributed by atoms with Crippen LogP contribution >= 0.6 is 0 Å². The van der Waals surface area contributed by atoms with E-state index in [1.54, 1.807) is 7.05 Å². The number of hydrogen-bond donors (Lipinski definition) is 0. The zero-order valence-corrected chi connectivity index (χ0v) is 12.3. The van der Waals surface area contributed by atoms with Crippen molar-refractivity contribution in [3.05, 3.63) is 35.8 Å². The summed E-state index contributed by atoms with van der Waals surface area (Å²) in [5.41, 5.74) is -0.642. The fraction of sp³-hybridized carbons (Fsp3) is 0.357. The van der Waals surface area contributed by atoms with Gasteiger partial charge in [0.15, 0.2) is 5.65 Å². The van der Waals surface area contributed by atoms with Gasteiger partial charge in [0.1, 0.15) is 24.1 Å². The van der Waals surface area contributed by atoms with Gasteiger partial charge in [-0.2, -0.15) is 17.6 Å². The molecule has 0 spiro atoms. The number of aliphatic imine (C=N–C) groups is 1. The monoisotopic (exact) mass is 332 g/mol. The predicted octanol–water partition coefficient (Wildman–Crippen LogP) is 3.94. The van der Waals surface area contributed by atoms with Crippen molar-refractivity contribution in [1.82, 2.24) is 14.5 Å². The van der Waals surface area contributed by atoms with Crippen molar-refractivity contribution in [3.8, 4) is 0 Å². The Hall–Kier alpha value is -2.32. The van der Waals surface area contributed by atoms with Crippen molar-refractivity contribution in [3.63, 3.8) is 0 Å². The molecule has 1 atom stereocenters. The summed E-state index contributed by atoms with van der Waals surface area (Å²) in [6.07, 6.45) is -1.98. The molecule has 2 rings (SSSR count). The second kappa shape index (κ2) is 6.43. The molecule has 0 saturated carbocycles. The lowest BCUT2D eigenvalue weighted by Crippen LogP contribution is -2.05. The van der Waals surface area contributed by atoms with Crippen LogP contribution < -0.4 is 0 Å². The van der Waals surface area contributed by atoms with Gasteiger partial charge in [-0.3, -0.25) is 0 Å². The Labute approximate surface area is 128 Å². The SMILES string of the molecule is CC(/N=C(F)\C=C/CF)c1nc2cc(C(F)(F)F)cnc2n1C. The summed E-state index contributed by atoms with van der Waals surface area (Å²) in [6, 6.07) is 0.106. The average molecular weight is 332 g/mol. The van der Waals surface area contributed by atoms with Crippen LogP contribution in [-0.4, -0.2) is 27.2 Å². The molecule has 2 aromatic heterocycles. The first-order valence-corrected chi connectivity index (χ1v) is 6.59. The number of imidazole rings is 1. The van der Waals surface area contributed by atoms with Crippen LogP contribution in [0, 0.1) is 0 Å². The molecule has 0 aliphatic rings. The highest BCUT2D eigenvalue weighted by Crippen LogP contribution is 2.31. The van der Waals surface area contributed by atoms with E-state index in [4.69, 9.17) is 0 Å². The number of nitrogens with zero attached hydrogens (tertiary/aromatic N) is 4. The van der Waals surface area contributed by atoms with E-state index < -0.39 is 30.4 Å². The third kappa shape index (κ3) is 3.72. The number of rotatable bonds is 4. The van der Waals surface area contributed by atoms with E-state index in [2.05, 4.69) is 15.0 Å². The molecular formula is C14H13F5N4. The van der Waals surface area contributed by atoms with E-state index in [1.807, 2.05) is 0 Å². The summed E-state index contributed by atoms with van der Waals surface area (Å²) >= 11 is 0. The maximum absolute atomic E-state index is 13.4. The van der Waals surface area contributed by atoms with Crippen LogP contribution in [0.2, 0.25) is 0 Å². The normalized spacial score (nSPS) is 14.8. The van der Waals surface area contributed by atoms with Gasteiger partial charge in [0.2, 0.25) is 5.97 Å². The van der Waals surface area contributed by atoms with Crippen LogP contribution in [0.4, 0.5) is 22.0 Å². The van der Waals surface area contributed by atoms with Crippen LogP contribution in [0.5, 0.6) is 0 Å². The molecule has 0 N–H and O–H groups in total. The second-order valence-corrected chi connectivity index (χ2v) is 4.78. The Morgan fingerprint density at radius 1 is 1.43 bits per heavy atom. The van der Waals surface area contributed by atoms with Gasteiger partial charge >= 0.3 is 6.18 Å². The number of aromatic nitrogens is 3. The van der Waals surface area contributed by atoms with Crippen molar-refractivity contribution in [2.75, 3.05) is 6.67 Å². The molecule has 23 heavy (non-hydrogen) atoms. The molecule has 0 radical (unpaired) electrons. The predicted molar refractivity (Wildman–Crippen MR) is 75.6 cm³/mol. The van der Waals surface area contributed by atoms with E-state index in [1.165, 1.54) is 11.5 Å². The fourth-order valence-corrected chi connectivity index (χ4v) is 2.05. The van der Waals surface area contributed by atoms with Crippen molar-refractivity contribution in [1.29, 1.82) is 0 Å². The van der Waals surface area contributed by atoms with Crippen LogP contribution in [0.15, 0.2) is 29.4 Å². The highest BCUT2D eigenvalue weighted by Gasteiger charge is 2.31. The summed E-state index contributed by atoms with van der Waals surface area (Å²) < 4.78 is 64.9. The largest absolute Gasteiger partial charge is 0.417 e. The fourth-order valence-electron chi connectivity index (χ4n) is 2.05. The Morgan fingerprint density at radius 3 is 2.74 bits per heavy atom. The minimum Gasteiger partial charge on any atom is -0.314 e. The third-order valence-corrected chi connectivity index (χ3v) is 3.11. The zero-order chi connectivity index (χ0) is 17.2. The first kappa shape index (κ1) is 17.0. The van der Waals surface area contributed by atoms with Gasteiger partial charge in [0.05, 0.1) is 5.56 Å². The molecule has 0 amide bonds. The Morgan fingerprint density at radius 2 is 2.13 bits per heavy atom. The number of fused-ring (bicyclic) bond motifs is 1. The van der Waals surface area contributed by atoms with Crippen LogP contribution in [-0.2, 0) is 13.2 Å². The van der Waals surface area contributed by atoms with Gasteiger partial charge in [0, 0.05) is 13.2 Å². The van der Waals surface area contributed by atoms with Gasteiger partial charge < -0.3 is 4.57 Å². The Balaban J connectivity index is 2.42. The van der Waals surface area contributed by atoms with E-state index in [9.17, 15) is 22.0 Å². The average Bonchev–Trinajstić information content (AvgIpc) is 2.81. The summed E-state index contributed by atoms with van der Waals surface area (Å²) in [6.45, 7) is 0.697. The molecule has 2 aromatic rings. The minimum absolute atomic E-state index is 0.0408. The van der Waals surface area contributed by atoms with Crippen molar-refractivity contribution in [2.24, 2.45) is 12.0 Å². The van der Waals surface area contributed by atoms with Gasteiger partial charge in [-0.1, -0.05) is 0 Å². The standard InChI is InChI=1S/C14H13F5N4/c1-8(21-11(16)4-3-5-15)12-22-10-6-9(14(17,18)19)7-20-13(10)23(12)2/h3-4,6-8H,5H2,1-2H3/b4-3-,21-11+. The number of halogens is 5. The molecule has 0 aromatic carbocycles. The van der Waals surface area contributed by atoms with E-state index in [0.717, 1.165) is 18.2 Å². The minimum atomic E-state index is -4.52. The zero-order valence-electron chi connectivity index (χ0n) is 12.3. The topological polar surface area (TPSA) is 43.1 Å². The van der Waals surface area contributed by atoms with Crippen LogP contribution in [0.3, 0.4) is 0 Å². The van der Waals surface area contributed by atoms with Gasteiger partial charge in [0.25, 0.3) is 0 Å².